The molecule has 0 aromatic heterocycles. The molecule has 1 aromatic carbocycles. The maximum Gasteiger partial charge on any atom is 0.633 e. The van der Waals surface area contributed by atoms with Gasteiger partial charge in [0.25, 0.3) is 0 Å². The van der Waals surface area contributed by atoms with Crippen LogP contribution in [-0.4, -0.2) is 41.9 Å². The number of nitrogens with two attached hydrogens (primary N) is 1. The third-order valence-electron chi connectivity index (χ3n) is 2.96. The number of nitrogens with zero attached hydrogens (tertiary/aromatic N) is 1. The average Bonchev–Trinajstić information content (AvgIpc) is 2.49. The van der Waals surface area contributed by atoms with Crippen molar-refractivity contribution in [3.63, 3.8) is 0 Å². The minimum absolute atomic E-state index is 0.554. The SMILES string of the molecule is CCO[Si](OCC)(OCC)N(CCCN)c1ccccc1. The van der Waals surface area contributed by atoms with Crippen LogP contribution >= 0.6 is 0 Å². The van der Waals surface area contributed by atoms with E-state index >= 15 is 0 Å². The van der Waals surface area contributed by atoms with E-state index in [0.717, 1.165) is 18.7 Å². The summed E-state index contributed by atoms with van der Waals surface area (Å²) < 4.78 is 20.1. The number of rotatable bonds is 11. The lowest BCUT2D eigenvalue weighted by Crippen LogP contribution is -2.62. The van der Waals surface area contributed by atoms with E-state index < -0.39 is 8.97 Å². The second-order valence-corrected chi connectivity index (χ2v) is 6.91. The highest BCUT2D eigenvalue weighted by Gasteiger charge is 2.49. The maximum atomic E-state index is 6.00. The van der Waals surface area contributed by atoms with Crippen molar-refractivity contribution in [3.8, 4) is 0 Å². The molecule has 0 heterocycles. The van der Waals surface area contributed by atoms with Crippen LogP contribution in [0.2, 0.25) is 0 Å². The largest absolute Gasteiger partial charge is 0.633 e. The van der Waals surface area contributed by atoms with E-state index in [2.05, 4.69) is 16.7 Å². The number of para-hydroxylation sites is 1. The van der Waals surface area contributed by atoms with E-state index in [1.165, 1.54) is 0 Å². The van der Waals surface area contributed by atoms with Gasteiger partial charge in [0.2, 0.25) is 0 Å². The molecule has 0 radical (unpaired) electrons. The van der Waals surface area contributed by atoms with E-state index in [-0.39, 0.29) is 0 Å². The summed E-state index contributed by atoms with van der Waals surface area (Å²) in [6, 6.07) is 10.1. The van der Waals surface area contributed by atoms with Gasteiger partial charge in [-0.3, -0.25) is 0 Å². The molecule has 0 bridgehead atoms. The van der Waals surface area contributed by atoms with Crippen LogP contribution in [0.4, 0.5) is 5.69 Å². The summed E-state index contributed by atoms with van der Waals surface area (Å²) in [5, 5.41) is 0. The molecule has 0 unspecified atom stereocenters. The topological polar surface area (TPSA) is 57.0 Å². The number of hydrogen-bond donors (Lipinski definition) is 1. The predicted octanol–water partition coefficient (Wildman–Crippen LogP) is 2.39. The Morgan fingerprint density at radius 2 is 1.48 bits per heavy atom. The first-order valence-corrected chi connectivity index (χ1v) is 9.35. The molecule has 0 saturated heterocycles. The van der Waals surface area contributed by atoms with Gasteiger partial charge in [-0.25, -0.2) is 0 Å². The fourth-order valence-electron chi connectivity index (χ4n) is 2.19. The third kappa shape index (κ3) is 5.08. The van der Waals surface area contributed by atoms with Crippen LogP contribution in [-0.2, 0) is 13.3 Å². The van der Waals surface area contributed by atoms with Gasteiger partial charge in [-0.1, -0.05) is 18.2 Å². The minimum Gasteiger partial charge on any atom is -0.357 e. The average molecular weight is 312 g/mol. The molecular formula is C15H28N2O3Si. The lowest BCUT2D eigenvalue weighted by molar-refractivity contribution is 0.0689. The summed E-state index contributed by atoms with van der Waals surface area (Å²) in [4.78, 5) is 0. The number of anilines is 1. The van der Waals surface area contributed by atoms with Crippen LogP contribution in [0, 0.1) is 0 Å². The van der Waals surface area contributed by atoms with Crippen molar-refractivity contribution in [1.82, 2.24) is 0 Å². The van der Waals surface area contributed by atoms with E-state index in [4.69, 9.17) is 19.0 Å². The van der Waals surface area contributed by atoms with Crippen molar-refractivity contribution >= 4 is 14.7 Å². The Hall–Kier alpha value is -0.923. The zero-order chi connectivity index (χ0) is 15.6. The monoisotopic (exact) mass is 312 g/mol. The molecule has 0 aliphatic rings. The van der Waals surface area contributed by atoms with E-state index in [1.54, 1.807) is 0 Å². The van der Waals surface area contributed by atoms with Gasteiger partial charge in [0.15, 0.2) is 0 Å². The molecule has 1 aromatic rings. The molecule has 0 amide bonds. The summed E-state index contributed by atoms with van der Waals surface area (Å²) >= 11 is 0. The summed E-state index contributed by atoms with van der Waals surface area (Å²) in [5.74, 6) is 0. The smallest absolute Gasteiger partial charge is 0.357 e. The van der Waals surface area contributed by atoms with Crippen LogP contribution < -0.4 is 10.3 Å². The quantitative estimate of drug-likeness (QED) is 0.636. The van der Waals surface area contributed by atoms with Crippen molar-refractivity contribution in [3.05, 3.63) is 30.3 Å². The Morgan fingerprint density at radius 1 is 0.952 bits per heavy atom. The van der Waals surface area contributed by atoms with Crippen molar-refractivity contribution in [2.45, 2.75) is 27.2 Å². The summed E-state index contributed by atoms with van der Waals surface area (Å²) in [7, 11) is -2.93. The molecular weight excluding hydrogens is 284 g/mol. The second kappa shape index (κ2) is 9.91. The molecule has 1 rings (SSSR count). The first-order valence-electron chi connectivity index (χ1n) is 7.68. The van der Waals surface area contributed by atoms with Gasteiger partial charge in [-0.05, 0) is 45.9 Å². The minimum atomic E-state index is -2.93. The summed E-state index contributed by atoms with van der Waals surface area (Å²) in [5.41, 5.74) is 6.74. The second-order valence-electron chi connectivity index (χ2n) is 4.45. The molecule has 2 N–H and O–H groups in total. The molecule has 0 fully saturated rings. The predicted molar refractivity (Wildman–Crippen MR) is 88.1 cm³/mol. The standard InChI is InChI=1S/C15H28N2O3Si/c1-4-18-21(19-5-2,20-6-3)17(14-10-13-16)15-11-8-7-9-12-15/h7-9,11-12H,4-6,10,13-14,16H2,1-3H3. The van der Waals surface area contributed by atoms with Gasteiger partial charge in [0, 0.05) is 32.1 Å². The van der Waals surface area contributed by atoms with E-state index in [9.17, 15) is 0 Å². The third-order valence-corrected chi connectivity index (χ3v) is 6.07. The molecule has 120 valence electrons. The Morgan fingerprint density at radius 3 is 1.90 bits per heavy atom. The highest BCUT2D eigenvalue weighted by Crippen LogP contribution is 2.24. The van der Waals surface area contributed by atoms with Gasteiger partial charge in [0.1, 0.15) is 0 Å². The fourth-order valence-corrected chi connectivity index (χ4v) is 4.90. The molecule has 0 aliphatic heterocycles. The number of hydrogen-bond acceptors (Lipinski definition) is 5. The van der Waals surface area contributed by atoms with Gasteiger partial charge in [-0.15, -0.1) is 0 Å². The van der Waals surface area contributed by atoms with Crippen LogP contribution in [0.5, 0.6) is 0 Å². The fraction of sp³-hybridized carbons (Fsp3) is 0.600. The molecule has 0 atom stereocenters. The van der Waals surface area contributed by atoms with Crippen LogP contribution in [0.1, 0.15) is 27.2 Å². The highest BCUT2D eigenvalue weighted by molar-refractivity contribution is 6.65. The Bertz CT molecular complexity index is 361. The summed E-state index contributed by atoms with van der Waals surface area (Å²) in [6.07, 6.45) is 0.858. The van der Waals surface area contributed by atoms with Crippen molar-refractivity contribution in [2.75, 3.05) is 37.5 Å². The Balaban J connectivity index is 3.14. The molecule has 5 nitrogen and oxygen atoms in total. The van der Waals surface area contributed by atoms with Crippen LogP contribution in [0.25, 0.3) is 0 Å². The first-order chi connectivity index (χ1) is 10.2. The number of benzene rings is 1. The Labute approximate surface area is 129 Å². The maximum absolute atomic E-state index is 6.00. The highest BCUT2D eigenvalue weighted by atomic mass is 28.4. The van der Waals surface area contributed by atoms with Crippen molar-refractivity contribution in [2.24, 2.45) is 5.73 Å². The zero-order valence-electron chi connectivity index (χ0n) is 13.4. The summed E-state index contributed by atoms with van der Waals surface area (Å²) in [6.45, 7) is 8.93. The Kier molecular flexibility index (Phi) is 8.56. The van der Waals surface area contributed by atoms with Gasteiger partial charge in [-0.2, -0.15) is 0 Å². The molecule has 0 spiro atoms. The van der Waals surface area contributed by atoms with Gasteiger partial charge < -0.3 is 23.6 Å². The van der Waals surface area contributed by atoms with E-state index in [0.29, 0.717) is 26.4 Å². The molecule has 6 heteroatoms. The molecule has 21 heavy (non-hydrogen) atoms. The van der Waals surface area contributed by atoms with Gasteiger partial charge >= 0.3 is 8.97 Å². The van der Waals surface area contributed by atoms with Crippen LogP contribution in [0.3, 0.4) is 0 Å². The first kappa shape index (κ1) is 18.1. The van der Waals surface area contributed by atoms with Crippen LogP contribution in [0.15, 0.2) is 30.3 Å². The lowest BCUT2D eigenvalue weighted by Gasteiger charge is -2.39. The zero-order valence-corrected chi connectivity index (χ0v) is 14.4. The lowest BCUT2D eigenvalue weighted by atomic mass is 10.3. The van der Waals surface area contributed by atoms with Gasteiger partial charge in [0.05, 0.1) is 0 Å². The molecule has 0 saturated carbocycles. The van der Waals surface area contributed by atoms with E-state index in [1.807, 2.05) is 39.0 Å². The van der Waals surface area contributed by atoms with Crippen molar-refractivity contribution in [1.29, 1.82) is 0 Å². The van der Waals surface area contributed by atoms with Crippen molar-refractivity contribution < 1.29 is 13.3 Å². The normalized spacial score (nSPS) is 11.6. The molecule has 0 aliphatic carbocycles.